The summed E-state index contributed by atoms with van der Waals surface area (Å²) in [5.74, 6) is 0.222. The molecule has 25 heavy (non-hydrogen) atoms. The Labute approximate surface area is 148 Å². The highest BCUT2D eigenvalue weighted by atomic mass is 16.3. The van der Waals surface area contributed by atoms with E-state index in [1.807, 2.05) is 47.4 Å². The average Bonchev–Trinajstić information content (AvgIpc) is 3.23. The predicted molar refractivity (Wildman–Crippen MR) is 98.3 cm³/mol. The molecular weight excluding hydrogens is 312 g/mol. The highest BCUT2D eigenvalue weighted by Crippen LogP contribution is 2.32. The van der Waals surface area contributed by atoms with Crippen molar-refractivity contribution in [3.05, 3.63) is 65.7 Å². The summed E-state index contributed by atoms with van der Waals surface area (Å²) in [6, 6.07) is 18.2. The maximum absolute atomic E-state index is 11.8. The normalized spacial score (nSPS) is 24.2. The highest BCUT2D eigenvalue weighted by molar-refractivity contribution is 5.95. The molecule has 4 rings (SSSR count). The number of β-amino-alcohol motifs (C(OH)–C–C–N with tert-alkyl or cyclic N) is 1. The van der Waals surface area contributed by atoms with E-state index in [1.165, 1.54) is 5.56 Å². The second kappa shape index (κ2) is 6.62. The van der Waals surface area contributed by atoms with Crippen LogP contribution in [0.5, 0.6) is 0 Å². The van der Waals surface area contributed by atoms with Gasteiger partial charge in [0.1, 0.15) is 5.60 Å². The van der Waals surface area contributed by atoms with E-state index in [1.54, 1.807) is 0 Å². The molecule has 0 bridgehead atoms. The monoisotopic (exact) mass is 336 g/mol. The zero-order valence-corrected chi connectivity index (χ0v) is 14.4. The van der Waals surface area contributed by atoms with Crippen LogP contribution in [0.1, 0.15) is 30.4 Å². The van der Waals surface area contributed by atoms with Crippen LogP contribution < -0.4 is 4.90 Å². The van der Waals surface area contributed by atoms with Crippen LogP contribution in [0, 0.1) is 0 Å². The van der Waals surface area contributed by atoms with Crippen molar-refractivity contribution >= 4 is 11.6 Å². The Bertz CT molecular complexity index is 744. The predicted octanol–water partition coefficient (Wildman–Crippen LogP) is 2.91. The fourth-order valence-electron chi connectivity index (χ4n) is 3.95. The molecule has 0 radical (unpaired) electrons. The Morgan fingerprint density at radius 2 is 1.76 bits per heavy atom. The van der Waals surface area contributed by atoms with Crippen molar-refractivity contribution in [3.8, 4) is 0 Å². The Balaban J connectivity index is 1.41. The van der Waals surface area contributed by atoms with Gasteiger partial charge in [-0.25, -0.2) is 0 Å². The second-order valence-corrected chi connectivity index (χ2v) is 7.17. The average molecular weight is 336 g/mol. The van der Waals surface area contributed by atoms with E-state index in [2.05, 4.69) is 17.0 Å². The number of carbonyl (C=O) groups excluding carboxylic acids is 1. The van der Waals surface area contributed by atoms with E-state index in [-0.39, 0.29) is 5.91 Å². The lowest BCUT2D eigenvalue weighted by atomic mass is 9.93. The Morgan fingerprint density at radius 1 is 1.00 bits per heavy atom. The van der Waals surface area contributed by atoms with Crippen LogP contribution in [-0.2, 0) is 16.9 Å². The van der Waals surface area contributed by atoms with Crippen molar-refractivity contribution in [1.29, 1.82) is 0 Å². The quantitative estimate of drug-likeness (QED) is 0.934. The number of benzene rings is 2. The molecule has 2 aromatic rings. The number of rotatable bonds is 4. The number of hydrogen-bond acceptors (Lipinski definition) is 3. The first-order chi connectivity index (χ1) is 12.1. The molecule has 2 heterocycles. The van der Waals surface area contributed by atoms with Gasteiger partial charge in [0.25, 0.3) is 0 Å². The summed E-state index contributed by atoms with van der Waals surface area (Å²) < 4.78 is 0. The lowest BCUT2D eigenvalue weighted by Gasteiger charge is -2.24. The summed E-state index contributed by atoms with van der Waals surface area (Å²) >= 11 is 0. The van der Waals surface area contributed by atoms with Gasteiger partial charge in [0.15, 0.2) is 0 Å². The molecule has 1 amide bonds. The zero-order valence-electron chi connectivity index (χ0n) is 14.4. The molecule has 130 valence electrons. The van der Waals surface area contributed by atoms with Gasteiger partial charge in [-0.1, -0.05) is 42.5 Å². The largest absolute Gasteiger partial charge is 0.384 e. The van der Waals surface area contributed by atoms with Crippen LogP contribution >= 0.6 is 0 Å². The third-order valence-electron chi connectivity index (χ3n) is 5.37. The van der Waals surface area contributed by atoms with Gasteiger partial charge < -0.3 is 10.0 Å². The lowest BCUT2D eigenvalue weighted by molar-refractivity contribution is -0.117. The van der Waals surface area contributed by atoms with Crippen LogP contribution in [0.4, 0.5) is 5.69 Å². The molecule has 0 saturated carbocycles. The zero-order chi connectivity index (χ0) is 17.3. The molecule has 2 saturated heterocycles. The topological polar surface area (TPSA) is 43.8 Å². The molecule has 2 fully saturated rings. The number of hydrogen-bond donors (Lipinski definition) is 1. The molecule has 2 aromatic carbocycles. The van der Waals surface area contributed by atoms with Gasteiger partial charge in [-0.2, -0.15) is 0 Å². The first-order valence-electron chi connectivity index (χ1n) is 9.04. The highest BCUT2D eigenvalue weighted by Gasteiger charge is 2.37. The Hall–Kier alpha value is -2.17. The maximum atomic E-state index is 11.8. The summed E-state index contributed by atoms with van der Waals surface area (Å²) in [5.41, 5.74) is 2.46. The molecule has 1 atom stereocenters. The van der Waals surface area contributed by atoms with Crippen molar-refractivity contribution in [2.75, 3.05) is 24.5 Å². The maximum Gasteiger partial charge on any atom is 0.227 e. The van der Waals surface area contributed by atoms with Gasteiger partial charge in [-0.05, 0) is 36.1 Å². The molecule has 0 aromatic heterocycles. The summed E-state index contributed by atoms with van der Waals surface area (Å²) in [6.07, 6.45) is 2.37. The minimum Gasteiger partial charge on any atom is -0.384 e. The van der Waals surface area contributed by atoms with E-state index in [4.69, 9.17) is 0 Å². The van der Waals surface area contributed by atoms with Crippen LogP contribution in [0.25, 0.3) is 0 Å². The summed E-state index contributed by atoms with van der Waals surface area (Å²) in [6.45, 7) is 3.19. The fraction of sp³-hybridized carbons (Fsp3) is 0.381. The molecule has 2 aliphatic heterocycles. The summed E-state index contributed by atoms with van der Waals surface area (Å²) in [4.78, 5) is 16.0. The van der Waals surface area contributed by atoms with Crippen LogP contribution in [0.15, 0.2) is 54.6 Å². The lowest BCUT2D eigenvalue weighted by Crippen LogP contribution is -2.30. The molecule has 0 spiro atoms. The molecule has 0 unspecified atom stereocenters. The van der Waals surface area contributed by atoms with E-state index in [0.29, 0.717) is 13.0 Å². The van der Waals surface area contributed by atoms with Crippen molar-refractivity contribution < 1.29 is 9.90 Å². The number of nitrogens with zero attached hydrogens (tertiary/aromatic N) is 2. The number of carbonyl (C=O) groups is 1. The smallest absolute Gasteiger partial charge is 0.227 e. The number of anilines is 1. The molecule has 2 aliphatic rings. The Morgan fingerprint density at radius 3 is 2.44 bits per heavy atom. The third kappa shape index (κ3) is 3.32. The first-order valence-corrected chi connectivity index (χ1v) is 9.04. The molecule has 4 nitrogen and oxygen atoms in total. The van der Waals surface area contributed by atoms with E-state index in [0.717, 1.165) is 43.7 Å². The molecule has 4 heteroatoms. The van der Waals surface area contributed by atoms with E-state index < -0.39 is 5.60 Å². The molecule has 1 N–H and O–H groups in total. The van der Waals surface area contributed by atoms with Gasteiger partial charge in [0.2, 0.25) is 5.91 Å². The van der Waals surface area contributed by atoms with Crippen molar-refractivity contribution in [1.82, 2.24) is 4.90 Å². The van der Waals surface area contributed by atoms with Gasteiger partial charge in [-0.3, -0.25) is 9.69 Å². The standard InChI is InChI=1S/C21H24N2O2/c24-20-7-4-13-23(20)19-10-8-17(9-11-19)15-22-14-12-21(25,16-22)18-5-2-1-3-6-18/h1-3,5-6,8-11,25H,4,7,12-16H2/t21-/m0/s1. The van der Waals surface area contributed by atoms with Crippen molar-refractivity contribution in [3.63, 3.8) is 0 Å². The number of amides is 1. The fourth-order valence-corrected chi connectivity index (χ4v) is 3.95. The summed E-state index contributed by atoms with van der Waals surface area (Å²) in [5, 5.41) is 10.9. The van der Waals surface area contributed by atoms with E-state index in [9.17, 15) is 9.90 Å². The van der Waals surface area contributed by atoms with Crippen LogP contribution in [0.2, 0.25) is 0 Å². The third-order valence-corrected chi connectivity index (χ3v) is 5.37. The minimum atomic E-state index is -0.747. The van der Waals surface area contributed by atoms with Crippen molar-refractivity contribution in [2.45, 2.75) is 31.4 Å². The number of aliphatic hydroxyl groups is 1. The summed E-state index contributed by atoms with van der Waals surface area (Å²) in [7, 11) is 0. The molecule has 0 aliphatic carbocycles. The van der Waals surface area contributed by atoms with E-state index >= 15 is 0 Å². The number of likely N-dealkylation sites (tertiary alicyclic amines) is 1. The minimum absolute atomic E-state index is 0.222. The molecular formula is C21H24N2O2. The SMILES string of the molecule is O=C1CCCN1c1ccc(CN2CC[C@@](O)(c3ccccc3)C2)cc1. The van der Waals surface area contributed by atoms with Gasteiger partial charge >= 0.3 is 0 Å². The first kappa shape index (κ1) is 16.3. The second-order valence-electron chi connectivity index (χ2n) is 7.17. The Kier molecular flexibility index (Phi) is 4.32. The van der Waals surface area contributed by atoms with Crippen LogP contribution in [-0.4, -0.2) is 35.5 Å². The van der Waals surface area contributed by atoms with Gasteiger partial charge in [-0.15, -0.1) is 0 Å². The van der Waals surface area contributed by atoms with Gasteiger partial charge in [0, 0.05) is 38.3 Å². The van der Waals surface area contributed by atoms with Gasteiger partial charge in [0.05, 0.1) is 0 Å². The van der Waals surface area contributed by atoms with Crippen molar-refractivity contribution in [2.24, 2.45) is 0 Å². The van der Waals surface area contributed by atoms with Crippen LogP contribution in [0.3, 0.4) is 0 Å².